The van der Waals surface area contributed by atoms with Crippen LogP contribution in [-0.2, 0) is 20.8 Å². The van der Waals surface area contributed by atoms with Gasteiger partial charge in [-0.25, -0.2) is 0 Å². The first-order valence-corrected chi connectivity index (χ1v) is 13.1. The Bertz CT molecular complexity index is 1660. The smallest absolute Gasteiger partial charge is 0.270 e. The van der Waals surface area contributed by atoms with Gasteiger partial charge < -0.3 is 31.1 Å². The predicted octanol–water partition coefficient (Wildman–Crippen LogP) is 1.61. The van der Waals surface area contributed by atoms with Crippen LogP contribution in [0.1, 0.15) is 17.5 Å². The number of nitro groups is 1. The molecule has 42 heavy (non-hydrogen) atoms. The van der Waals surface area contributed by atoms with Crippen LogP contribution in [0.5, 0.6) is 5.75 Å². The molecule has 2 aromatic carbocycles. The van der Waals surface area contributed by atoms with E-state index >= 15 is 0 Å². The number of nitrogens with zero attached hydrogens (tertiary/aromatic N) is 3. The van der Waals surface area contributed by atoms with E-state index in [0.717, 1.165) is 0 Å². The van der Waals surface area contributed by atoms with Gasteiger partial charge in [0, 0.05) is 49.0 Å². The Morgan fingerprint density at radius 3 is 2.36 bits per heavy atom. The first-order chi connectivity index (χ1) is 19.6. The van der Waals surface area contributed by atoms with Crippen LogP contribution >= 0.6 is 0 Å². The molecule has 0 heterocycles. The summed E-state index contributed by atoms with van der Waals surface area (Å²) in [5, 5.41) is 57.3. The SMILES string of the molecule is CN(C)c1cc(-c2cccc([N+](=O)[O-])c2)c(O)c2c1CC1CC3C(N(C)C)C(=O)C(C(N)=O)=C(O)C3(O)C(=O)C1=C2O. The second-order valence-electron chi connectivity index (χ2n) is 11.3. The summed E-state index contributed by atoms with van der Waals surface area (Å²) in [5.74, 6) is -7.41. The van der Waals surface area contributed by atoms with Crippen LogP contribution in [0.15, 0.2) is 47.2 Å². The highest BCUT2D eigenvalue weighted by Crippen LogP contribution is 2.55. The van der Waals surface area contributed by atoms with Crippen molar-refractivity contribution in [2.24, 2.45) is 17.6 Å². The quantitative estimate of drug-likeness (QED) is 0.196. The fourth-order valence-electron chi connectivity index (χ4n) is 6.70. The molecule has 1 fully saturated rings. The summed E-state index contributed by atoms with van der Waals surface area (Å²) >= 11 is 0. The van der Waals surface area contributed by atoms with Crippen molar-refractivity contribution in [2.45, 2.75) is 24.5 Å². The number of carbonyl (C=O) groups is 3. The topological polar surface area (TPSA) is 208 Å². The third kappa shape index (κ3) is 3.88. The third-order valence-electron chi connectivity index (χ3n) is 8.55. The van der Waals surface area contributed by atoms with Gasteiger partial charge in [0.15, 0.2) is 11.4 Å². The predicted molar refractivity (Wildman–Crippen MR) is 151 cm³/mol. The highest BCUT2D eigenvalue weighted by molar-refractivity contribution is 6.24. The van der Waals surface area contributed by atoms with Gasteiger partial charge in [-0.15, -0.1) is 0 Å². The average Bonchev–Trinajstić information content (AvgIpc) is 2.90. The maximum atomic E-state index is 14.1. The number of benzene rings is 2. The number of anilines is 1. The summed E-state index contributed by atoms with van der Waals surface area (Å²) in [6.45, 7) is 0. The van der Waals surface area contributed by atoms with Crippen LogP contribution < -0.4 is 10.6 Å². The van der Waals surface area contributed by atoms with Gasteiger partial charge in [0.2, 0.25) is 5.78 Å². The molecule has 5 rings (SSSR count). The molecule has 0 bridgehead atoms. The second kappa shape index (κ2) is 9.67. The molecule has 6 N–H and O–H groups in total. The van der Waals surface area contributed by atoms with Crippen molar-refractivity contribution < 1.29 is 39.7 Å². The molecule has 3 aliphatic carbocycles. The van der Waals surface area contributed by atoms with Gasteiger partial charge in [0.1, 0.15) is 22.8 Å². The fraction of sp³-hybridized carbons (Fsp3) is 0.345. The molecule has 1 saturated carbocycles. The number of Topliss-reactive ketones (excluding diaryl/α,β-unsaturated/α-hetero) is 2. The van der Waals surface area contributed by atoms with Crippen LogP contribution in [0.25, 0.3) is 16.9 Å². The minimum atomic E-state index is -2.75. The lowest BCUT2D eigenvalue weighted by Gasteiger charge is -2.50. The summed E-state index contributed by atoms with van der Waals surface area (Å²) in [6, 6.07) is 6.02. The fourth-order valence-corrected chi connectivity index (χ4v) is 6.70. The molecule has 3 aliphatic rings. The lowest BCUT2D eigenvalue weighted by Crippen LogP contribution is -2.65. The van der Waals surface area contributed by atoms with Crippen molar-refractivity contribution in [2.75, 3.05) is 33.1 Å². The summed E-state index contributed by atoms with van der Waals surface area (Å²) in [4.78, 5) is 53.5. The van der Waals surface area contributed by atoms with E-state index in [1.165, 1.54) is 37.2 Å². The normalized spacial score (nSPS) is 25.2. The Morgan fingerprint density at radius 2 is 1.79 bits per heavy atom. The Balaban J connectivity index is 1.77. The van der Waals surface area contributed by atoms with Gasteiger partial charge in [0.05, 0.1) is 16.5 Å². The number of nitro benzene ring substituents is 1. The molecule has 2 aromatic rings. The monoisotopic (exact) mass is 578 g/mol. The van der Waals surface area contributed by atoms with Crippen LogP contribution in [0.2, 0.25) is 0 Å². The van der Waals surface area contributed by atoms with E-state index in [0.29, 0.717) is 11.3 Å². The number of primary amides is 1. The summed E-state index contributed by atoms with van der Waals surface area (Å²) in [6.07, 6.45) is 0.0802. The molecular weight excluding hydrogens is 548 g/mol. The largest absolute Gasteiger partial charge is 0.508 e. The van der Waals surface area contributed by atoms with E-state index in [-0.39, 0.29) is 40.8 Å². The molecule has 0 aromatic heterocycles. The number of nitrogens with two attached hydrogens (primary N) is 1. The molecular formula is C29H30N4O9. The number of aliphatic hydroxyl groups excluding tert-OH is 2. The Morgan fingerprint density at radius 1 is 1.12 bits per heavy atom. The number of aromatic hydroxyl groups is 1. The minimum absolute atomic E-state index is 0.0357. The molecule has 220 valence electrons. The van der Waals surface area contributed by atoms with E-state index in [1.807, 2.05) is 0 Å². The molecule has 13 heteroatoms. The highest BCUT2D eigenvalue weighted by Gasteiger charge is 2.64. The summed E-state index contributed by atoms with van der Waals surface area (Å²) < 4.78 is 0. The lowest BCUT2D eigenvalue weighted by molar-refractivity contribution is -0.384. The maximum absolute atomic E-state index is 14.1. The van der Waals surface area contributed by atoms with Crippen molar-refractivity contribution in [3.63, 3.8) is 0 Å². The van der Waals surface area contributed by atoms with E-state index in [4.69, 9.17) is 5.73 Å². The molecule has 0 saturated heterocycles. The van der Waals surface area contributed by atoms with Crippen molar-refractivity contribution >= 4 is 34.6 Å². The van der Waals surface area contributed by atoms with Gasteiger partial charge in [-0.1, -0.05) is 12.1 Å². The molecule has 4 unspecified atom stereocenters. The molecule has 1 amide bonds. The zero-order valence-electron chi connectivity index (χ0n) is 23.3. The van der Waals surface area contributed by atoms with Crippen LogP contribution in [0.3, 0.4) is 0 Å². The number of hydrogen-bond acceptors (Lipinski definition) is 11. The number of fused-ring (bicyclic) bond motifs is 3. The van der Waals surface area contributed by atoms with Crippen molar-refractivity contribution in [3.05, 3.63) is 68.5 Å². The first kappa shape index (κ1) is 28.8. The van der Waals surface area contributed by atoms with Crippen molar-refractivity contribution in [1.29, 1.82) is 0 Å². The van der Waals surface area contributed by atoms with Crippen LogP contribution in [0.4, 0.5) is 11.4 Å². The maximum Gasteiger partial charge on any atom is 0.270 e. The number of hydrogen-bond donors (Lipinski definition) is 5. The van der Waals surface area contributed by atoms with E-state index in [2.05, 4.69) is 0 Å². The van der Waals surface area contributed by atoms with Gasteiger partial charge in [0.25, 0.3) is 11.6 Å². The number of rotatable bonds is 5. The Kier molecular flexibility index (Phi) is 6.62. The van der Waals surface area contributed by atoms with Gasteiger partial charge in [-0.2, -0.15) is 0 Å². The highest BCUT2D eigenvalue weighted by atomic mass is 16.6. The second-order valence-corrected chi connectivity index (χ2v) is 11.3. The van der Waals surface area contributed by atoms with E-state index < -0.39 is 68.7 Å². The van der Waals surface area contributed by atoms with Crippen LogP contribution in [-0.4, -0.2) is 87.6 Å². The number of phenolic OH excluding ortho intramolecular Hbond substituents is 1. The number of ketones is 2. The van der Waals surface area contributed by atoms with Gasteiger partial charge in [-0.3, -0.25) is 29.4 Å². The molecule has 4 atom stereocenters. The molecule has 0 spiro atoms. The number of non-ortho nitro benzene ring substituents is 1. The van der Waals surface area contributed by atoms with Gasteiger partial charge in [-0.05, 0) is 50.0 Å². The number of likely N-dealkylation sites (N-methyl/N-ethyl adjacent to an activating group) is 1. The van der Waals surface area contributed by atoms with Crippen molar-refractivity contribution in [3.8, 4) is 16.9 Å². The zero-order chi connectivity index (χ0) is 31.0. The van der Waals surface area contributed by atoms with Gasteiger partial charge >= 0.3 is 0 Å². The number of phenols is 1. The Labute approximate surface area is 239 Å². The standard InChI is InChI=1S/C29H30N4O9/c1-31(2)18-11-15(12-6-5-7-14(8-12)33(41)42)23(34)20-16(18)9-13-10-17-22(32(3)4)25(36)21(28(30)39)27(38)29(17,40)26(37)19(13)24(20)35/h5-8,11,13,17,22,34-35,38,40H,9-10H2,1-4H3,(H2,30,39). The summed E-state index contributed by atoms with van der Waals surface area (Å²) in [7, 11) is 6.54. The van der Waals surface area contributed by atoms with E-state index in [1.54, 1.807) is 31.1 Å². The average molecular weight is 579 g/mol. The minimum Gasteiger partial charge on any atom is -0.508 e. The third-order valence-corrected chi connectivity index (χ3v) is 8.55. The van der Waals surface area contributed by atoms with Crippen LogP contribution in [0, 0.1) is 22.0 Å². The number of aliphatic hydroxyl groups is 3. The molecule has 13 nitrogen and oxygen atoms in total. The zero-order valence-corrected chi connectivity index (χ0v) is 23.3. The molecule has 0 radical (unpaired) electrons. The lowest BCUT2D eigenvalue weighted by atomic mass is 9.57. The van der Waals surface area contributed by atoms with E-state index in [9.17, 15) is 44.9 Å². The number of amides is 1. The number of carbonyl (C=O) groups excluding carboxylic acids is 3. The summed E-state index contributed by atoms with van der Waals surface area (Å²) in [5.41, 5.74) is 2.62. The van der Waals surface area contributed by atoms with Crippen molar-refractivity contribution in [1.82, 2.24) is 4.90 Å². The first-order valence-electron chi connectivity index (χ1n) is 13.1. The molecule has 0 aliphatic heterocycles. The Hall–Kier alpha value is -4.75.